The van der Waals surface area contributed by atoms with Gasteiger partial charge in [-0.2, -0.15) is 0 Å². The zero-order chi connectivity index (χ0) is 11.5. The van der Waals surface area contributed by atoms with Crippen molar-refractivity contribution in [2.24, 2.45) is 0 Å². The number of halogens is 1. The molecular weight excluding hydrogens is 200 g/mol. The molecule has 1 rings (SSSR count). The van der Waals surface area contributed by atoms with Crippen LogP contribution in [0.15, 0.2) is 0 Å². The maximum Gasteiger partial charge on any atom is 0.344 e. The zero-order valence-electron chi connectivity index (χ0n) is 8.66. The van der Waals surface area contributed by atoms with Crippen LogP contribution in [0, 0.1) is 0 Å². The van der Waals surface area contributed by atoms with Crippen LogP contribution in [0.5, 0.6) is 0 Å². The van der Waals surface area contributed by atoms with Gasteiger partial charge in [0.15, 0.2) is 5.81 Å². The Labute approximate surface area is 89.2 Å². The van der Waals surface area contributed by atoms with Gasteiger partial charge in [0, 0.05) is 25.9 Å². The number of carbonyl (C=O) groups excluding carboxylic acids is 2. The number of hydrogen-bond donors (Lipinski definition) is 0. The van der Waals surface area contributed by atoms with E-state index in [1.165, 1.54) is 4.90 Å². The molecule has 82 valence electrons. The number of esters is 1. The van der Waals surface area contributed by atoms with Crippen LogP contribution in [-0.2, 0) is 9.53 Å². The molecule has 2 radical (unpaired) electrons. The summed E-state index contributed by atoms with van der Waals surface area (Å²) in [6, 6.07) is 0. The molecule has 0 unspecified atom stereocenters. The largest absolute Gasteiger partial charge is 0.464 e. The SMILES string of the molecule is [B]C(=O)N1CCC(F)(C(=O)OCC)CC1. The minimum atomic E-state index is -1.96. The van der Waals surface area contributed by atoms with Gasteiger partial charge in [-0.05, 0) is 6.92 Å². The first-order valence-electron chi connectivity index (χ1n) is 4.90. The standard InChI is InChI=1S/C9H13BFNO3/c1-2-15-7(13)9(11)3-5-12(6-4-9)8(10)14/h2-6H2,1H3. The third-order valence-electron chi connectivity index (χ3n) is 2.51. The summed E-state index contributed by atoms with van der Waals surface area (Å²) in [5.74, 6) is -1.42. The Kier molecular flexibility index (Phi) is 3.71. The second kappa shape index (κ2) is 4.64. The fraction of sp³-hybridized carbons (Fsp3) is 0.778. The number of hydrogen-bond acceptors (Lipinski definition) is 3. The van der Waals surface area contributed by atoms with E-state index in [0.717, 1.165) is 0 Å². The molecule has 15 heavy (non-hydrogen) atoms. The molecule has 1 fully saturated rings. The molecule has 0 aliphatic carbocycles. The Morgan fingerprint density at radius 1 is 1.47 bits per heavy atom. The molecule has 0 aromatic heterocycles. The lowest BCUT2D eigenvalue weighted by Gasteiger charge is -2.34. The summed E-state index contributed by atoms with van der Waals surface area (Å²) in [4.78, 5) is 23.4. The van der Waals surface area contributed by atoms with Gasteiger partial charge in [-0.15, -0.1) is 0 Å². The fourth-order valence-electron chi connectivity index (χ4n) is 1.55. The molecule has 6 heteroatoms. The van der Waals surface area contributed by atoms with E-state index in [1.807, 2.05) is 0 Å². The highest BCUT2D eigenvalue weighted by Gasteiger charge is 2.43. The van der Waals surface area contributed by atoms with E-state index in [9.17, 15) is 14.0 Å². The number of likely N-dealkylation sites (tertiary alicyclic amines) is 1. The van der Waals surface area contributed by atoms with Gasteiger partial charge in [-0.3, -0.25) is 4.79 Å². The lowest BCUT2D eigenvalue weighted by atomic mass is 9.92. The Hall–Kier alpha value is -1.07. The van der Waals surface area contributed by atoms with E-state index < -0.39 is 17.4 Å². The van der Waals surface area contributed by atoms with Crippen molar-refractivity contribution in [2.45, 2.75) is 25.4 Å². The van der Waals surface area contributed by atoms with Gasteiger partial charge in [0.2, 0.25) is 13.5 Å². The number of amides is 1. The van der Waals surface area contributed by atoms with E-state index in [2.05, 4.69) is 4.74 Å². The summed E-state index contributed by atoms with van der Waals surface area (Å²) in [6.45, 7) is 2.10. The monoisotopic (exact) mass is 213 g/mol. The lowest BCUT2D eigenvalue weighted by molar-refractivity contribution is -0.160. The molecule has 1 aliphatic rings. The highest BCUT2D eigenvalue weighted by atomic mass is 19.1. The Morgan fingerprint density at radius 2 is 2.00 bits per heavy atom. The van der Waals surface area contributed by atoms with Crippen LogP contribution in [0.25, 0.3) is 0 Å². The minimum Gasteiger partial charge on any atom is -0.464 e. The van der Waals surface area contributed by atoms with Crippen molar-refractivity contribution in [3.8, 4) is 0 Å². The molecule has 1 heterocycles. The van der Waals surface area contributed by atoms with E-state index in [1.54, 1.807) is 6.92 Å². The van der Waals surface area contributed by atoms with Crippen LogP contribution < -0.4 is 0 Å². The highest BCUT2D eigenvalue weighted by molar-refractivity contribution is 6.56. The van der Waals surface area contributed by atoms with E-state index >= 15 is 0 Å². The molecule has 0 aromatic carbocycles. The predicted molar refractivity (Wildman–Crippen MR) is 52.4 cm³/mol. The summed E-state index contributed by atoms with van der Waals surface area (Å²) < 4.78 is 18.6. The molecule has 1 saturated heterocycles. The molecule has 0 bridgehead atoms. The number of alkyl halides is 1. The van der Waals surface area contributed by atoms with Gasteiger partial charge in [0.25, 0.3) is 0 Å². The van der Waals surface area contributed by atoms with Crippen molar-refractivity contribution in [2.75, 3.05) is 19.7 Å². The summed E-state index contributed by atoms with van der Waals surface area (Å²) in [5.41, 5.74) is -1.96. The first-order chi connectivity index (χ1) is 6.99. The number of ether oxygens (including phenoxy) is 1. The molecule has 0 N–H and O–H groups in total. The van der Waals surface area contributed by atoms with Crippen LogP contribution >= 0.6 is 0 Å². The van der Waals surface area contributed by atoms with Crippen molar-refractivity contribution >= 4 is 19.6 Å². The van der Waals surface area contributed by atoms with Gasteiger partial charge in [0.05, 0.1) is 6.61 Å². The fourth-order valence-corrected chi connectivity index (χ4v) is 1.55. The van der Waals surface area contributed by atoms with Crippen LogP contribution in [0.1, 0.15) is 19.8 Å². The molecule has 0 spiro atoms. The number of nitrogens with zero attached hydrogens (tertiary/aromatic N) is 1. The van der Waals surface area contributed by atoms with E-state index in [-0.39, 0.29) is 32.5 Å². The summed E-state index contributed by atoms with van der Waals surface area (Å²) >= 11 is 0. The average molecular weight is 213 g/mol. The first-order valence-corrected chi connectivity index (χ1v) is 4.90. The molecule has 1 amide bonds. The van der Waals surface area contributed by atoms with Gasteiger partial charge in [-0.25, -0.2) is 9.18 Å². The Balaban J connectivity index is 2.54. The average Bonchev–Trinajstić information content (AvgIpc) is 2.18. The molecule has 4 nitrogen and oxygen atoms in total. The van der Waals surface area contributed by atoms with Crippen molar-refractivity contribution in [3.05, 3.63) is 0 Å². The smallest absolute Gasteiger partial charge is 0.344 e. The Morgan fingerprint density at radius 3 is 2.40 bits per heavy atom. The number of carbonyl (C=O) groups is 2. The molecule has 0 aromatic rings. The van der Waals surface area contributed by atoms with Crippen molar-refractivity contribution in [3.63, 3.8) is 0 Å². The summed E-state index contributed by atoms with van der Waals surface area (Å²) in [5, 5.41) is 0. The minimum absolute atomic E-state index is 0.0469. The summed E-state index contributed by atoms with van der Waals surface area (Å²) in [6.07, 6.45) is -0.0937. The quantitative estimate of drug-likeness (QED) is 0.499. The highest BCUT2D eigenvalue weighted by Crippen LogP contribution is 2.27. The predicted octanol–water partition coefficient (Wildman–Crippen LogP) is 0.642. The van der Waals surface area contributed by atoms with E-state index in [0.29, 0.717) is 0 Å². The second-order valence-electron chi connectivity index (χ2n) is 3.51. The van der Waals surface area contributed by atoms with Crippen LogP contribution in [0.2, 0.25) is 0 Å². The normalized spacial score (nSPS) is 19.7. The second-order valence-corrected chi connectivity index (χ2v) is 3.51. The zero-order valence-corrected chi connectivity index (χ0v) is 8.66. The topological polar surface area (TPSA) is 46.6 Å². The third-order valence-corrected chi connectivity index (χ3v) is 2.51. The van der Waals surface area contributed by atoms with Crippen LogP contribution in [-0.4, -0.2) is 49.9 Å². The molecule has 0 saturated carbocycles. The van der Waals surface area contributed by atoms with E-state index in [4.69, 9.17) is 7.85 Å². The van der Waals surface area contributed by atoms with Crippen molar-refractivity contribution in [1.82, 2.24) is 4.90 Å². The number of piperidine rings is 1. The summed E-state index contributed by atoms with van der Waals surface area (Å²) in [7, 11) is 5.04. The van der Waals surface area contributed by atoms with Gasteiger partial charge in [0.1, 0.15) is 0 Å². The Bertz CT molecular complexity index is 264. The molecular formula is C9H13BFNO3. The first kappa shape index (κ1) is 12.0. The maximum absolute atomic E-state index is 13.9. The van der Waals surface area contributed by atoms with Crippen LogP contribution in [0.4, 0.5) is 9.18 Å². The number of rotatable bonds is 2. The third kappa shape index (κ3) is 2.70. The lowest BCUT2D eigenvalue weighted by Crippen LogP contribution is -2.48. The van der Waals surface area contributed by atoms with Crippen molar-refractivity contribution < 1.29 is 18.7 Å². The molecule has 0 atom stereocenters. The molecule has 1 aliphatic heterocycles. The maximum atomic E-state index is 13.9. The van der Waals surface area contributed by atoms with Gasteiger partial charge < -0.3 is 9.64 Å². The van der Waals surface area contributed by atoms with Gasteiger partial charge in [-0.1, -0.05) is 0 Å². The van der Waals surface area contributed by atoms with Crippen molar-refractivity contribution in [1.29, 1.82) is 0 Å². The van der Waals surface area contributed by atoms with Crippen LogP contribution in [0.3, 0.4) is 0 Å². The van der Waals surface area contributed by atoms with Gasteiger partial charge >= 0.3 is 5.97 Å².